The third-order valence-corrected chi connectivity index (χ3v) is 4.52. The third kappa shape index (κ3) is 3.83. The maximum absolute atomic E-state index is 12.4. The Labute approximate surface area is 126 Å². The number of rotatable bonds is 4. The van der Waals surface area contributed by atoms with Crippen LogP contribution in [0.4, 0.5) is 0 Å². The molecule has 2 unspecified atom stereocenters. The second-order valence-corrected chi connectivity index (χ2v) is 6.01. The summed E-state index contributed by atoms with van der Waals surface area (Å²) in [6.45, 7) is 4.22. The van der Waals surface area contributed by atoms with Crippen LogP contribution in [0, 0.1) is 5.92 Å². The summed E-state index contributed by atoms with van der Waals surface area (Å²) in [6.07, 6.45) is 2.92. The van der Waals surface area contributed by atoms with Crippen molar-refractivity contribution in [1.82, 2.24) is 10.2 Å². The first-order chi connectivity index (χ1) is 10.3. The Balaban J connectivity index is 1.51. The van der Waals surface area contributed by atoms with E-state index in [-0.39, 0.29) is 12.0 Å². The molecule has 2 aliphatic heterocycles. The molecule has 2 aliphatic rings. The van der Waals surface area contributed by atoms with Crippen molar-refractivity contribution in [3.63, 3.8) is 0 Å². The number of ether oxygens (including phenoxy) is 1. The Bertz CT molecular complexity index is 457. The number of hydrogen-bond donors (Lipinski definition) is 1. The summed E-state index contributed by atoms with van der Waals surface area (Å²) in [5.74, 6) is 0.964. The second-order valence-electron chi connectivity index (χ2n) is 6.01. The van der Waals surface area contributed by atoms with Crippen molar-refractivity contribution in [2.75, 3.05) is 32.8 Å². The maximum atomic E-state index is 12.4. The lowest BCUT2D eigenvalue weighted by Gasteiger charge is -2.33. The molecule has 1 aromatic rings. The van der Waals surface area contributed by atoms with Gasteiger partial charge in [-0.2, -0.15) is 0 Å². The number of morpholine rings is 1. The van der Waals surface area contributed by atoms with Crippen molar-refractivity contribution in [3.05, 3.63) is 35.9 Å². The zero-order valence-corrected chi connectivity index (χ0v) is 12.5. The van der Waals surface area contributed by atoms with Crippen LogP contribution in [0.15, 0.2) is 30.3 Å². The first kappa shape index (κ1) is 14.5. The smallest absolute Gasteiger partial charge is 0.222 e. The topological polar surface area (TPSA) is 41.6 Å². The predicted molar refractivity (Wildman–Crippen MR) is 81.9 cm³/mol. The fourth-order valence-electron chi connectivity index (χ4n) is 3.19. The number of carbonyl (C=O) groups excluding carboxylic acids is 1. The molecule has 2 saturated heterocycles. The minimum absolute atomic E-state index is 0.0250. The summed E-state index contributed by atoms with van der Waals surface area (Å²) in [4.78, 5) is 14.4. The molecule has 114 valence electrons. The molecule has 4 nitrogen and oxygen atoms in total. The van der Waals surface area contributed by atoms with E-state index in [1.165, 1.54) is 6.42 Å². The Morgan fingerprint density at radius 3 is 2.95 bits per heavy atom. The summed E-state index contributed by atoms with van der Waals surface area (Å²) < 4.78 is 5.82. The lowest BCUT2D eigenvalue weighted by atomic mass is 10.0. The molecule has 21 heavy (non-hydrogen) atoms. The number of hydrogen-bond acceptors (Lipinski definition) is 3. The average molecular weight is 288 g/mol. The van der Waals surface area contributed by atoms with E-state index in [4.69, 9.17) is 4.74 Å². The van der Waals surface area contributed by atoms with Crippen LogP contribution in [0.25, 0.3) is 0 Å². The van der Waals surface area contributed by atoms with Gasteiger partial charge in [-0.1, -0.05) is 30.3 Å². The summed E-state index contributed by atoms with van der Waals surface area (Å²) in [6, 6.07) is 10.2. The number of nitrogens with zero attached hydrogens (tertiary/aromatic N) is 1. The Hall–Kier alpha value is -1.39. The van der Waals surface area contributed by atoms with Crippen molar-refractivity contribution in [1.29, 1.82) is 0 Å². The molecule has 2 fully saturated rings. The van der Waals surface area contributed by atoms with Crippen molar-refractivity contribution in [3.8, 4) is 0 Å². The lowest BCUT2D eigenvalue weighted by molar-refractivity contribution is -0.139. The first-order valence-electron chi connectivity index (χ1n) is 7.98. The monoisotopic (exact) mass is 288 g/mol. The summed E-state index contributed by atoms with van der Waals surface area (Å²) in [7, 11) is 0. The van der Waals surface area contributed by atoms with Gasteiger partial charge in [0.1, 0.15) is 6.10 Å². The van der Waals surface area contributed by atoms with Gasteiger partial charge in [-0.25, -0.2) is 0 Å². The van der Waals surface area contributed by atoms with Gasteiger partial charge < -0.3 is 15.0 Å². The van der Waals surface area contributed by atoms with Gasteiger partial charge in [0.05, 0.1) is 13.2 Å². The van der Waals surface area contributed by atoms with Crippen molar-refractivity contribution in [2.24, 2.45) is 5.92 Å². The van der Waals surface area contributed by atoms with E-state index in [0.717, 1.165) is 31.6 Å². The predicted octanol–water partition coefficient (Wildman–Crippen LogP) is 1.98. The Morgan fingerprint density at radius 1 is 1.33 bits per heavy atom. The Kier molecular flexibility index (Phi) is 4.88. The largest absolute Gasteiger partial charge is 0.370 e. The fraction of sp³-hybridized carbons (Fsp3) is 0.588. The van der Waals surface area contributed by atoms with E-state index in [1.807, 2.05) is 23.1 Å². The molecular formula is C17H24N2O2. The molecule has 0 aliphatic carbocycles. The first-order valence-corrected chi connectivity index (χ1v) is 7.98. The minimum Gasteiger partial charge on any atom is -0.370 e. The zero-order valence-electron chi connectivity index (χ0n) is 12.5. The number of carbonyl (C=O) groups is 1. The van der Waals surface area contributed by atoms with Crippen LogP contribution >= 0.6 is 0 Å². The van der Waals surface area contributed by atoms with Gasteiger partial charge in [-0.15, -0.1) is 0 Å². The van der Waals surface area contributed by atoms with Crippen LogP contribution in [0.3, 0.4) is 0 Å². The highest BCUT2D eigenvalue weighted by atomic mass is 16.5. The molecule has 0 radical (unpaired) electrons. The van der Waals surface area contributed by atoms with Crippen LogP contribution in [-0.2, 0) is 9.53 Å². The zero-order chi connectivity index (χ0) is 14.5. The molecule has 2 heterocycles. The van der Waals surface area contributed by atoms with Crippen molar-refractivity contribution >= 4 is 5.91 Å². The van der Waals surface area contributed by atoms with Gasteiger partial charge in [0.2, 0.25) is 5.91 Å². The van der Waals surface area contributed by atoms with Crippen LogP contribution < -0.4 is 5.32 Å². The highest BCUT2D eigenvalue weighted by Gasteiger charge is 2.26. The third-order valence-electron chi connectivity index (χ3n) is 4.52. The van der Waals surface area contributed by atoms with Gasteiger partial charge in [-0.05, 0) is 37.4 Å². The van der Waals surface area contributed by atoms with Crippen LogP contribution in [0.1, 0.15) is 30.9 Å². The fourth-order valence-corrected chi connectivity index (χ4v) is 3.19. The second kappa shape index (κ2) is 7.05. The average Bonchev–Trinajstić information content (AvgIpc) is 3.07. The van der Waals surface area contributed by atoms with Gasteiger partial charge in [0.15, 0.2) is 0 Å². The molecule has 1 aromatic carbocycles. The summed E-state index contributed by atoms with van der Waals surface area (Å²) in [5.41, 5.74) is 1.16. The normalized spacial score (nSPS) is 26.0. The number of benzene rings is 1. The van der Waals surface area contributed by atoms with Gasteiger partial charge in [-0.3, -0.25) is 4.79 Å². The van der Waals surface area contributed by atoms with Gasteiger partial charge in [0.25, 0.3) is 0 Å². The van der Waals surface area contributed by atoms with E-state index in [2.05, 4.69) is 17.4 Å². The summed E-state index contributed by atoms with van der Waals surface area (Å²) in [5, 5.41) is 3.36. The molecule has 0 aromatic heterocycles. The van der Waals surface area contributed by atoms with Gasteiger partial charge >= 0.3 is 0 Å². The van der Waals surface area contributed by atoms with Crippen LogP contribution in [0.2, 0.25) is 0 Å². The quantitative estimate of drug-likeness (QED) is 0.921. The molecular weight excluding hydrogens is 264 g/mol. The number of nitrogens with one attached hydrogen (secondary N) is 1. The molecule has 1 N–H and O–H groups in total. The van der Waals surface area contributed by atoms with Gasteiger partial charge in [0, 0.05) is 13.0 Å². The SMILES string of the molecule is O=C(CCC1CCNC1)N1CCOC(c2ccccc2)C1. The van der Waals surface area contributed by atoms with E-state index in [1.54, 1.807) is 0 Å². The molecule has 0 spiro atoms. The summed E-state index contributed by atoms with van der Waals surface area (Å²) >= 11 is 0. The number of amides is 1. The standard InChI is InChI=1S/C17H24N2O2/c20-17(7-6-14-8-9-18-12-14)19-10-11-21-16(13-19)15-4-2-1-3-5-15/h1-5,14,16,18H,6-13H2. The van der Waals surface area contributed by atoms with Crippen molar-refractivity contribution in [2.45, 2.75) is 25.4 Å². The van der Waals surface area contributed by atoms with E-state index in [9.17, 15) is 4.79 Å². The molecule has 0 bridgehead atoms. The van der Waals surface area contributed by atoms with Crippen LogP contribution in [0.5, 0.6) is 0 Å². The lowest BCUT2D eigenvalue weighted by Crippen LogP contribution is -2.42. The van der Waals surface area contributed by atoms with E-state index < -0.39 is 0 Å². The molecule has 3 rings (SSSR count). The molecule has 1 amide bonds. The molecule has 0 saturated carbocycles. The molecule has 2 atom stereocenters. The Morgan fingerprint density at radius 2 is 2.19 bits per heavy atom. The molecule has 4 heteroatoms. The van der Waals surface area contributed by atoms with Crippen LogP contribution in [-0.4, -0.2) is 43.6 Å². The minimum atomic E-state index is 0.0250. The highest BCUT2D eigenvalue weighted by Crippen LogP contribution is 2.23. The van der Waals surface area contributed by atoms with Crippen molar-refractivity contribution < 1.29 is 9.53 Å². The maximum Gasteiger partial charge on any atom is 0.222 e. The van der Waals surface area contributed by atoms with E-state index in [0.29, 0.717) is 25.5 Å². The van der Waals surface area contributed by atoms with E-state index >= 15 is 0 Å². The highest BCUT2D eigenvalue weighted by molar-refractivity contribution is 5.76.